The summed E-state index contributed by atoms with van der Waals surface area (Å²) in [6.07, 6.45) is 7.75. The van der Waals surface area contributed by atoms with Gasteiger partial charge in [-0.1, -0.05) is 11.6 Å². The van der Waals surface area contributed by atoms with Gasteiger partial charge < -0.3 is 14.2 Å². The van der Waals surface area contributed by atoms with Crippen LogP contribution in [0, 0.1) is 12.8 Å². The first kappa shape index (κ1) is 16.8. The first-order valence-corrected chi connectivity index (χ1v) is 8.62. The van der Waals surface area contributed by atoms with E-state index in [0.29, 0.717) is 16.7 Å². The molecule has 1 aliphatic heterocycles. The number of carbonyl (C=O) groups is 1. The van der Waals surface area contributed by atoms with Crippen LogP contribution >= 0.6 is 11.6 Å². The Hall–Kier alpha value is -2.01. The second-order valence-corrected chi connectivity index (χ2v) is 6.74. The van der Waals surface area contributed by atoms with E-state index in [1.807, 2.05) is 36.5 Å². The number of likely N-dealkylation sites (tertiary alicyclic amines) is 1. The number of nitrogens with zero attached hydrogens (tertiary/aromatic N) is 3. The van der Waals surface area contributed by atoms with Gasteiger partial charge in [-0.05, 0) is 49.4 Å². The molecule has 1 aromatic heterocycles. The number of piperidine rings is 1. The summed E-state index contributed by atoms with van der Waals surface area (Å²) in [5.74, 6) is 1.22. The van der Waals surface area contributed by atoms with Crippen LogP contribution in [0.2, 0.25) is 5.02 Å². The van der Waals surface area contributed by atoms with Crippen LogP contribution in [0.3, 0.4) is 0 Å². The van der Waals surface area contributed by atoms with Crippen molar-refractivity contribution in [1.82, 2.24) is 14.5 Å². The van der Waals surface area contributed by atoms with Gasteiger partial charge >= 0.3 is 0 Å². The number of halogens is 1. The Morgan fingerprint density at radius 3 is 3.08 bits per heavy atom. The maximum atomic E-state index is 12.5. The fourth-order valence-electron chi connectivity index (χ4n) is 3.14. The van der Waals surface area contributed by atoms with Crippen molar-refractivity contribution in [3.63, 3.8) is 0 Å². The quantitative estimate of drug-likeness (QED) is 0.834. The zero-order valence-corrected chi connectivity index (χ0v) is 14.6. The van der Waals surface area contributed by atoms with E-state index in [-0.39, 0.29) is 12.5 Å². The number of rotatable bonds is 5. The zero-order valence-electron chi connectivity index (χ0n) is 13.8. The van der Waals surface area contributed by atoms with E-state index in [4.69, 9.17) is 16.3 Å². The third-order valence-electron chi connectivity index (χ3n) is 4.39. The summed E-state index contributed by atoms with van der Waals surface area (Å²) in [7, 11) is 0. The molecule has 1 saturated heterocycles. The van der Waals surface area contributed by atoms with Crippen molar-refractivity contribution < 1.29 is 9.53 Å². The minimum Gasteiger partial charge on any atom is -0.483 e. The van der Waals surface area contributed by atoms with E-state index in [1.54, 1.807) is 12.3 Å². The zero-order chi connectivity index (χ0) is 16.9. The van der Waals surface area contributed by atoms with Crippen LogP contribution < -0.4 is 4.74 Å². The highest BCUT2D eigenvalue weighted by Gasteiger charge is 2.24. The third-order valence-corrected chi connectivity index (χ3v) is 4.62. The average molecular weight is 348 g/mol. The van der Waals surface area contributed by atoms with Gasteiger partial charge in [0.15, 0.2) is 6.61 Å². The Morgan fingerprint density at radius 1 is 1.46 bits per heavy atom. The molecule has 0 bridgehead atoms. The third kappa shape index (κ3) is 4.29. The summed E-state index contributed by atoms with van der Waals surface area (Å²) in [5, 5.41) is 0.671. The van der Waals surface area contributed by atoms with Crippen molar-refractivity contribution in [1.29, 1.82) is 0 Å². The van der Waals surface area contributed by atoms with Crippen molar-refractivity contribution >= 4 is 17.5 Å². The van der Waals surface area contributed by atoms with Gasteiger partial charge in [0.25, 0.3) is 5.91 Å². The van der Waals surface area contributed by atoms with Crippen LogP contribution in [-0.2, 0) is 11.3 Å². The van der Waals surface area contributed by atoms with Crippen molar-refractivity contribution in [2.24, 2.45) is 5.92 Å². The molecule has 2 heterocycles. The SMILES string of the molecule is Cc1cc(Cl)ccc1OCC(=O)N1CCC[C@@H](Cn2ccnc2)C1. The predicted molar refractivity (Wildman–Crippen MR) is 93.2 cm³/mol. The number of aryl methyl sites for hydroxylation is 1. The molecule has 128 valence electrons. The molecule has 6 heteroatoms. The smallest absolute Gasteiger partial charge is 0.260 e. The van der Waals surface area contributed by atoms with Crippen LogP contribution in [0.15, 0.2) is 36.9 Å². The largest absolute Gasteiger partial charge is 0.483 e. The summed E-state index contributed by atoms with van der Waals surface area (Å²) in [6.45, 7) is 4.48. The normalized spacial score (nSPS) is 17.8. The van der Waals surface area contributed by atoms with E-state index in [9.17, 15) is 4.79 Å². The summed E-state index contributed by atoms with van der Waals surface area (Å²) in [5.41, 5.74) is 0.937. The standard InChI is InChI=1S/C18H22ClN3O2/c1-14-9-16(19)4-5-17(14)24-12-18(23)22-7-2-3-15(11-22)10-21-8-6-20-13-21/h4-6,8-9,13,15H,2-3,7,10-12H2,1H3/t15-/m0/s1. The molecule has 0 radical (unpaired) electrons. The highest BCUT2D eigenvalue weighted by Crippen LogP contribution is 2.22. The van der Waals surface area contributed by atoms with E-state index in [2.05, 4.69) is 9.55 Å². The fourth-order valence-corrected chi connectivity index (χ4v) is 3.37. The Morgan fingerprint density at radius 2 is 2.33 bits per heavy atom. The van der Waals surface area contributed by atoms with Gasteiger partial charge in [0.2, 0.25) is 0 Å². The molecular formula is C18H22ClN3O2. The Balaban J connectivity index is 1.52. The lowest BCUT2D eigenvalue weighted by molar-refractivity contribution is -0.135. The van der Waals surface area contributed by atoms with Crippen LogP contribution in [0.4, 0.5) is 0 Å². The predicted octanol–water partition coefficient (Wildman–Crippen LogP) is 3.16. The number of imidazole rings is 1. The summed E-state index contributed by atoms with van der Waals surface area (Å²) in [4.78, 5) is 18.4. The first-order valence-electron chi connectivity index (χ1n) is 8.24. The lowest BCUT2D eigenvalue weighted by atomic mass is 9.98. The molecule has 24 heavy (non-hydrogen) atoms. The molecule has 3 rings (SSSR count). The number of amides is 1. The van der Waals surface area contributed by atoms with E-state index in [1.165, 1.54) is 0 Å². The molecule has 1 amide bonds. The highest BCUT2D eigenvalue weighted by molar-refractivity contribution is 6.30. The van der Waals surface area contributed by atoms with Crippen LogP contribution in [0.25, 0.3) is 0 Å². The molecule has 0 saturated carbocycles. The maximum Gasteiger partial charge on any atom is 0.260 e. The molecule has 0 unspecified atom stereocenters. The maximum absolute atomic E-state index is 12.5. The van der Waals surface area contributed by atoms with Gasteiger partial charge in [-0.25, -0.2) is 4.98 Å². The van der Waals surface area contributed by atoms with Crippen molar-refractivity contribution in [2.75, 3.05) is 19.7 Å². The number of aromatic nitrogens is 2. The molecular weight excluding hydrogens is 326 g/mol. The topological polar surface area (TPSA) is 47.4 Å². The minimum absolute atomic E-state index is 0.0414. The van der Waals surface area contributed by atoms with Crippen molar-refractivity contribution in [3.05, 3.63) is 47.5 Å². The molecule has 0 N–H and O–H groups in total. The molecule has 5 nitrogen and oxygen atoms in total. The Bertz CT molecular complexity index is 688. The number of ether oxygens (including phenoxy) is 1. The van der Waals surface area contributed by atoms with Gasteiger partial charge in [0, 0.05) is 37.1 Å². The first-order chi connectivity index (χ1) is 11.6. The Kier molecular flexibility index (Phi) is 5.41. The van der Waals surface area contributed by atoms with Crippen LogP contribution in [-0.4, -0.2) is 40.1 Å². The van der Waals surface area contributed by atoms with Crippen LogP contribution in [0.5, 0.6) is 5.75 Å². The lowest BCUT2D eigenvalue weighted by Crippen LogP contribution is -2.43. The van der Waals surface area contributed by atoms with E-state index >= 15 is 0 Å². The van der Waals surface area contributed by atoms with E-state index < -0.39 is 0 Å². The molecule has 1 aromatic carbocycles. The van der Waals surface area contributed by atoms with Gasteiger partial charge in [-0.2, -0.15) is 0 Å². The number of hydrogen-bond donors (Lipinski definition) is 0. The Labute approximate surface area is 147 Å². The lowest BCUT2D eigenvalue weighted by Gasteiger charge is -2.33. The van der Waals surface area contributed by atoms with Gasteiger partial charge in [0.1, 0.15) is 5.75 Å². The van der Waals surface area contributed by atoms with Crippen molar-refractivity contribution in [2.45, 2.75) is 26.3 Å². The highest BCUT2D eigenvalue weighted by atomic mass is 35.5. The fraction of sp³-hybridized carbons (Fsp3) is 0.444. The monoisotopic (exact) mass is 347 g/mol. The summed E-state index contributed by atoms with van der Waals surface area (Å²) in [6, 6.07) is 5.42. The van der Waals surface area contributed by atoms with Crippen LogP contribution in [0.1, 0.15) is 18.4 Å². The number of carbonyl (C=O) groups excluding carboxylic acids is 1. The second kappa shape index (κ2) is 7.71. The molecule has 0 spiro atoms. The minimum atomic E-state index is 0.0414. The van der Waals surface area contributed by atoms with Gasteiger partial charge in [0.05, 0.1) is 6.33 Å². The molecule has 2 aromatic rings. The average Bonchev–Trinajstić information content (AvgIpc) is 3.07. The van der Waals surface area contributed by atoms with Crippen molar-refractivity contribution in [3.8, 4) is 5.75 Å². The van der Waals surface area contributed by atoms with E-state index in [0.717, 1.165) is 38.0 Å². The second-order valence-electron chi connectivity index (χ2n) is 6.31. The summed E-state index contributed by atoms with van der Waals surface area (Å²) >= 11 is 5.94. The molecule has 1 aliphatic rings. The van der Waals surface area contributed by atoms with Gasteiger partial charge in [-0.15, -0.1) is 0 Å². The summed E-state index contributed by atoms with van der Waals surface area (Å²) < 4.78 is 7.76. The number of benzene rings is 1. The molecule has 0 aliphatic carbocycles. The van der Waals surface area contributed by atoms with Gasteiger partial charge in [-0.3, -0.25) is 4.79 Å². The molecule has 1 atom stereocenters. The molecule has 1 fully saturated rings. The number of hydrogen-bond acceptors (Lipinski definition) is 3.